The number of hydrogen-bond acceptors (Lipinski definition) is 1. The lowest BCUT2D eigenvalue weighted by Gasteiger charge is -2.28. The Hall–Kier alpha value is -1.76. The second-order valence-corrected chi connectivity index (χ2v) is 9.64. The van der Waals surface area contributed by atoms with Crippen molar-refractivity contribution in [3.63, 3.8) is 0 Å². The minimum absolute atomic E-state index is 0.0307. The van der Waals surface area contributed by atoms with E-state index in [9.17, 15) is 0 Å². The van der Waals surface area contributed by atoms with Crippen molar-refractivity contribution in [1.29, 1.82) is 0 Å². The maximum Gasteiger partial charge on any atom is 0.125 e. The molecule has 0 aromatic heterocycles. The number of benzene rings is 2. The SMILES string of the molecule is Cc1cc(C(C)(C)C)cc(C)c1OCC(C)(C)c1ccc(C(C)C)cc1. The molecule has 0 unspecified atom stereocenters. The maximum absolute atomic E-state index is 6.33. The average Bonchev–Trinajstić information content (AvgIpc) is 2.53. The van der Waals surface area contributed by atoms with Crippen LogP contribution in [0.25, 0.3) is 0 Å². The molecule has 26 heavy (non-hydrogen) atoms. The first-order valence-electron chi connectivity index (χ1n) is 9.77. The summed E-state index contributed by atoms with van der Waals surface area (Å²) in [5, 5.41) is 0. The van der Waals surface area contributed by atoms with E-state index in [2.05, 4.69) is 98.7 Å². The van der Waals surface area contributed by atoms with Crippen molar-refractivity contribution in [2.45, 2.75) is 79.1 Å². The van der Waals surface area contributed by atoms with Crippen molar-refractivity contribution in [1.82, 2.24) is 0 Å². The first kappa shape index (κ1) is 20.6. The molecule has 1 heteroatoms. The fourth-order valence-corrected chi connectivity index (χ4v) is 3.27. The molecule has 0 aliphatic carbocycles. The summed E-state index contributed by atoms with van der Waals surface area (Å²) in [5.41, 5.74) is 6.64. The maximum atomic E-state index is 6.33. The number of rotatable bonds is 5. The largest absolute Gasteiger partial charge is 0.492 e. The Kier molecular flexibility index (Phi) is 5.90. The highest BCUT2D eigenvalue weighted by molar-refractivity contribution is 5.45. The molecule has 0 saturated heterocycles. The van der Waals surface area contributed by atoms with Crippen LogP contribution < -0.4 is 4.74 Å². The van der Waals surface area contributed by atoms with Gasteiger partial charge in [-0.05, 0) is 53.0 Å². The molecule has 0 radical (unpaired) electrons. The molecule has 0 atom stereocenters. The quantitative estimate of drug-likeness (QED) is 0.558. The minimum atomic E-state index is -0.0307. The molecule has 142 valence electrons. The lowest BCUT2D eigenvalue weighted by molar-refractivity contribution is 0.238. The van der Waals surface area contributed by atoms with Crippen molar-refractivity contribution >= 4 is 0 Å². The second kappa shape index (κ2) is 7.47. The highest BCUT2D eigenvalue weighted by Crippen LogP contribution is 2.33. The molecule has 0 spiro atoms. The van der Waals surface area contributed by atoms with E-state index >= 15 is 0 Å². The Morgan fingerprint density at radius 3 is 1.73 bits per heavy atom. The van der Waals surface area contributed by atoms with Crippen LogP contribution >= 0.6 is 0 Å². The molecular weight excluding hydrogens is 316 g/mol. The lowest BCUT2D eigenvalue weighted by Crippen LogP contribution is -2.26. The van der Waals surface area contributed by atoms with Crippen LogP contribution in [0.3, 0.4) is 0 Å². The van der Waals surface area contributed by atoms with Crippen LogP contribution in [-0.2, 0) is 10.8 Å². The van der Waals surface area contributed by atoms with E-state index in [-0.39, 0.29) is 10.8 Å². The highest BCUT2D eigenvalue weighted by atomic mass is 16.5. The zero-order valence-corrected chi connectivity index (χ0v) is 18.2. The van der Waals surface area contributed by atoms with Crippen LogP contribution in [0.5, 0.6) is 5.75 Å². The Morgan fingerprint density at radius 1 is 0.808 bits per heavy atom. The fraction of sp³-hybridized carbons (Fsp3) is 0.520. The Bertz CT molecular complexity index is 720. The number of ether oxygens (including phenoxy) is 1. The smallest absolute Gasteiger partial charge is 0.125 e. The van der Waals surface area contributed by atoms with Gasteiger partial charge in [-0.15, -0.1) is 0 Å². The standard InChI is InChI=1S/C25H36O/c1-17(2)20-10-12-21(13-11-20)25(8,9)16-26-23-18(3)14-22(15-19(23)4)24(5,6)7/h10-15,17H,16H2,1-9H3. The van der Waals surface area contributed by atoms with E-state index in [1.165, 1.54) is 27.8 Å². The van der Waals surface area contributed by atoms with E-state index in [1.807, 2.05) is 0 Å². The first-order chi connectivity index (χ1) is 11.9. The summed E-state index contributed by atoms with van der Waals surface area (Å²) in [6.45, 7) is 20.7. The van der Waals surface area contributed by atoms with Gasteiger partial charge >= 0.3 is 0 Å². The van der Waals surface area contributed by atoms with Crippen LogP contribution in [0.15, 0.2) is 36.4 Å². The van der Waals surface area contributed by atoms with Crippen molar-refractivity contribution in [3.8, 4) is 5.75 Å². The Balaban J connectivity index is 2.19. The highest BCUT2D eigenvalue weighted by Gasteiger charge is 2.23. The van der Waals surface area contributed by atoms with Crippen molar-refractivity contribution in [2.24, 2.45) is 0 Å². The summed E-state index contributed by atoms with van der Waals surface area (Å²) in [5.74, 6) is 1.60. The van der Waals surface area contributed by atoms with Crippen LogP contribution in [0.2, 0.25) is 0 Å². The fourth-order valence-electron chi connectivity index (χ4n) is 3.27. The van der Waals surface area contributed by atoms with Gasteiger partial charge in [0.1, 0.15) is 5.75 Å². The van der Waals surface area contributed by atoms with Crippen LogP contribution in [0.1, 0.15) is 82.2 Å². The van der Waals surface area contributed by atoms with Crippen LogP contribution in [0.4, 0.5) is 0 Å². The van der Waals surface area contributed by atoms with Gasteiger partial charge in [0.2, 0.25) is 0 Å². The number of hydrogen-bond donors (Lipinski definition) is 0. The van der Waals surface area contributed by atoms with E-state index < -0.39 is 0 Å². The van der Waals surface area contributed by atoms with Crippen molar-refractivity contribution < 1.29 is 4.74 Å². The van der Waals surface area contributed by atoms with Gasteiger partial charge in [-0.2, -0.15) is 0 Å². The van der Waals surface area contributed by atoms with E-state index in [1.54, 1.807) is 0 Å². The van der Waals surface area contributed by atoms with Crippen molar-refractivity contribution in [2.75, 3.05) is 6.61 Å². The molecule has 1 nitrogen and oxygen atoms in total. The Morgan fingerprint density at radius 2 is 1.31 bits per heavy atom. The summed E-state index contributed by atoms with van der Waals surface area (Å²) in [7, 11) is 0. The normalized spacial score (nSPS) is 12.5. The molecule has 0 heterocycles. The molecule has 0 saturated carbocycles. The van der Waals surface area contributed by atoms with E-state index in [0.717, 1.165) is 5.75 Å². The number of aryl methyl sites for hydroxylation is 2. The summed E-state index contributed by atoms with van der Waals surface area (Å²) < 4.78 is 6.33. The minimum Gasteiger partial charge on any atom is -0.492 e. The zero-order valence-electron chi connectivity index (χ0n) is 18.2. The second-order valence-electron chi connectivity index (χ2n) is 9.64. The van der Waals surface area contributed by atoms with Gasteiger partial charge in [-0.1, -0.05) is 84.9 Å². The third-order valence-corrected chi connectivity index (χ3v) is 5.26. The molecule has 0 amide bonds. The van der Waals surface area contributed by atoms with Gasteiger partial charge < -0.3 is 4.74 Å². The molecule has 0 bridgehead atoms. The van der Waals surface area contributed by atoms with Gasteiger partial charge in [0.05, 0.1) is 6.61 Å². The first-order valence-corrected chi connectivity index (χ1v) is 9.77. The third kappa shape index (κ3) is 4.69. The summed E-state index contributed by atoms with van der Waals surface area (Å²) >= 11 is 0. The molecule has 2 aromatic carbocycles. The summed E-state index contributed by atoms with van der Waals surface area (Å²) in [6, 6.07) is 13.5. The predicted molar refractivity (Wildman–Crippen MR) is 114 cm³/mol. The third-order valence-electron chi connectivity index (χ3n) is 5.26. The molecular formula is C25H36O. The summed E-state index contributed by atoms with van der Waals surface area (Å²) in [6.07, 6.45) is 0. The monoisotopic (exact) mass is 352 g/mol. The summed E-state index contributed by atoms with van der Waals surface area (Å²) in [4.78, 5) is 0. The predicted octanol–water partition coefficient (Wildman–Crippen LogP) is 7.08. The molecule has 2 aromatic rings. The molecule has 0 fully saturated rings. The van der Waals surface area contributed by atoms with Gasteiger partial charge in [0.15, 0.2) is 0 Å². The Labute approximate surface area is 160 Å². The van der Waals surface area contributed by atoms with Gasteiger partial charge in [-0.3, -0.25) is 0 Å². The molecule has 0 N–H and O–H groups in total. The van der Waals surface area contributed by atoms with Crippen LogP contribution in [0, 0.1) is 13.8 Å². The van der Waals surface area contributed by atoms with Gasteiger partial charge in [-0.25, -0.2) is 0 Å². The zero-order chi connectivity index (χ0) is 19.7. The average molecular weight is 353 g/mol. The molecule has 2 rings (SSSR count). The molecule has 0 aliphatic heterocycles. The van der Waals surface area contributed by atoms with Gasteiger partial charge in [0.25, 0.3) is 0 Å². The van der Waals surface area contributed by atoms with E-state index in [4.69, 9.17) is 4.74 Å². The molecule has 0 aliphatic rings. The van der Waals surface area contributed by atoms with E-state index in [0.29, 0.717) is 12.5 Å². The van der Waals surface area contributed by atoms with Crippen LogP contribution in [-0.4, -0.2) is 6.61 Å². The van der Waals surface area contributed by atoms with Gasteiger partial charge in [0, 0.05) is 5.41 Å². The lowest BCUT2D eigenvalue weighted by atomic mass is 9.84. The topological polar surface area (TPSA) is 9.23 Å². The van der Waals surface area contributed by atoms with Crippen molar-refractivity contribution in [3.05, 3.63) is 64.2 Å².